The number of amides is 1. The van der Waals surface area contributed by atoms with E-state index in [9.17, 15) is 4.79 Å². The van der Waals surface area contributed by atoms with Gasteiger partial charge in [0, 0.05) is 44.6 Å². The zero-order valence-corrected chi connectivity index (χ0v) is 14.5. The van der Waals surface area contributed by atoms with Crippen molar-refractivity contribution in [1.82, 2.24) is 19.8 Å². The van der Waals surface area contributed by atoms with Crippen LogP contribution in [0.1, 0.15) is 40.5 Å². The summed E-state index contributed by atoms with van der Waals surface area (Å²) in [7, 11) is 1.85. The van der Waals surface area contributed by atoms with E-state index in [2.05, 4.69) is 27.0 Å². The molecular formula is C19H26N4O. The Morgan fingerprint density at radius 2 is 2.17 bits per heavy atom. The number of imidazole rings is 1. The van der Waals surface area contributed by atoms with Gasteiger partial charge in [0.05, 0.1) is 0 Å². The van der Waals surface area contributed by atoms with E-state index in [1.54, 1.807) is 11.1 Å². The third kappa shape index (κ3) is 3.85. The summed E-state index contributed by atoms with van der Waals surface area (Å²) in [4.78, 5) is 18.5. The third-order valence-electron chi connectivity index (χ3n) is 4.87. The van der Waals surface area contributed by atoms with E-state index in [0.717, 1.165) is 31.0 Å². The second kappa shape index (κ2) is 7.62. The average Bonchev–Trinajstić information content (AvgIpc) is 3.05. The average molecular weight is 326 g/mol. The van der Waals surface area contributed by atoms with Crippen LogP contribution in [0.3, 0.4) is 0 Å². The van der Waals surface area contributed by atoms with E-state index < -0.39 is 0 Å². The lowest BCUT2D eigenvalue weighted by molar-refractivity contribution is 0.0790. The van der Waals surface area contributed by atoms with Crippen molar-refractivity contribution in [3.05, 3.63) is 53.6 Å². The van der Waals surface area contributed by atoms with Gasteiger partial charge >= 0.3 is 0 Å². The Balaban J connectivity index is 1.58. The summed E-state index contributed by atoms with van der Waals surface area (Å²) in [6, 6.07) is 8.15. The number of aryl methyl sites for hydroxylation is 1. The van der Waals surface area contributed by atoms with E-state index in [0.29, 0.717) is 12.5 Å². The second-order valence-electron chi connectivity index (χ2n) is 6.56. The Hall–Kier alpha value is -2.14. The predicted molar refractivity (Wildman–Crippen MR) is 95.2 cm³/mol. The van der Waals surface area contributed by atoms with Crippen LogP contribution >= 0.6 is 0 Å². The van der Waals surface area contributed by atoms with Gasteiger partial charge in [0.15, 0.2) is 0 Å². The van der Waals surface area contributed by atoms with Gasteiger partial charge in [0.1, 0.15) is 5.82 Å². The summed E-state index contributed by atoms with van der Waals surface area (Å²) in [6.45, 7) is 5.57. The van der Waals surface area contributed by atoms with Crippen molar-refractivity contribution in [3.63, 3.8) is 0 Å². The molecule has 0 radical (unpaired) electrons. The number of carbonyl (C=O) groups is 1. The number of piperidine rings is 1. The van der Waals surface area contributed by atoms with Gasteiger partial charge in [-0.15, -0.1) is 0 Å². The predicted octanol–water partition coefficient (Wildman–Crippen LogP) is 2.43. The van der Waals surface area contributed by atoms with E-state index in [1.807, 2.05) is 32.3 Å². The lowest BCUT2D eigenvalue weighted by atomic mass is 9.91. The maximum atomic E-state index is 12.6. The normalized spacial score (nSPS) is 17.7. The van der Waals surface area contributed by atoms with Gasteiger partial charge in [-0.25, -0.2) is 4.98 Å². The number of aromatic nitrogens is 2. The van der Waals surface area contributed by atoms with Crippen LogP contribution in [0.25, 0.3) is 0 Å². The molecule has 24 heavy (non-hydrogen) atoms. The van der Waals surface area contributed by atoms with Crippen molar-refractivity contribution in [1.29, 1.82) is 0 Å². The maximum absolute atomic E-state index is 12.6. The van der Waals surface area contributed by atoms with Gasteiger partial charge in [-0.2, -0.15) is 0 Å². The molecule has 1 N–H and O–H groups in total. The number of hydrogen-bond donors (Lipinski definition) is 1. The molecule has 3 rings (SSSR count). The van der Waals surface area contributed by atoms with Crippen molar-refractivity contribution in [2.24, 2.45) is 0 Å². The van der Waals surface area contributed by atoms with Crippen LogP contribution in [0.5, 0.6) is 0 Å². The van der Waals surface area contributed by atoms with Gasteiger partial charge in [0.2, 0.25) is 0 Å². The molecule has 2 heterocycles. The van der Waals surface area contributed by atoms with Crippen LogP contribution in [0.2, 0.25) is 0 Å². The first-order valence-electron chi connectivity index (χ1n) is 8.69. The van der Waals surface area contributed by atoms with Crippen molar-refractivity contribution in [2.75, 3.05) is 26.7 Å². The Bertz CT molecular complexity index is 671. The highest BCUT2D eigenvalue weighted by atomic mass is 16.2. The van der Waals surface area contributed by atoms with E-state index >= 15 is 0 Å². The first-order valence-corrected chi connectivity index (χ1v) is 8.69. The summed E-state index contributed by atoms with van der Waals surface area (Å²) >= 11 is 0. The zero-order chi connectivity index (χ0) is 16.9. The Morgan fingerprint density at radius 3 is 2.79 bits per heavy atom. The van der Waals surface area contributed by atoms with E-state index in [4.69, 9.17) is 0 Å². The summed E-state index contributed by atoms with van der Waals surface area (Å²) < 4.78 is 2.06. The topological polar surface area (TPSA) is 50.2 Å². The van der Waals surface area contributed by atoms with Crippen molar-refractivity contribution < 1.29 is 4.79 Å². The van der Waals surface area contributed by atoms with Gasteiger partial charge in [-0.1, -0.05) is 12.1 Å². The molecule has 1 aliphatic rings. The van der Waals surface area contributed by atoms with Crippen LogP contribution in [0.4, 0.5) is 0 Å². The number of benzene rings is 1. The fourth-order valence-corrected chi connectivity index (χ4v) is 3.25. The Kier molecular flexibility index (Phi) is 5.30. The number of nitrogens with zero attached hydrogens (tertiary/aromatic N) is 3. The molecule has 0 bridgehead atoms. The number of rotatable bonds is 5. The maximum Gasteiger partial charge on any atom is 0.253 e. The van der Waals surface area contributed by atoms with Crippen LogP contribution in [0, 0.1) is 6.92 Å². The van der Waals surface area contributed by atoms with Crippen LogP contribution in [0.15, 0.2) is 36.7 Å². The fourth-order valence-electron chi connectivity index (χ4n) is 3.25. The molecule has 5 heteroatoms. The largest absolute Gasteiger partial charge is 0.340 e. The standard InChI is InChI=1S/C19H26N4O/c1-15-21-10-11-23(15)13-12-22(2)19(24)17-7-5-16(6-8-17)18-4-3-9-20-14-18/h5-8,10-11,18,20H,3-4,9,12-14H2,1-2H3. The number of hydrogen-bond acceptors (Lipinski definition) is 3. The molecule has 1 aliphatic heterocycles. The smallest absolute Gasteiger partial charge is 0.253 e. The summed E-state index contributed by atoms with van der Waals surface area (Å²) in [6.07, 6.45) is 6.18. The Labute approximate surface area is 143 Å². The van der Waals surface area contributed by atoms with E-state index in [-0.39, 0.29) is 5.91 Å². The van der Waals surface area contributed by atoms with Gasteiger partial charge in [0.25, 0.3) is 5.91 Å². The molecule has 0 spiro atoms. The van der Waals surface area contributed by atoms with Crippen LogP contribution < -0.4 is 5.32 Å². The minimum Gasteiger partial charge on any atom is -0.340 e. The quantitative estimate of drug-likeness (QED) is 0.918. The molecule has 1 saturated heterocycles. The minimum atomic E-state index is 0.0705. The molecule has 0 saturated carbocycles. The number of likely N-dealkylation sites (N-methyl/N-ethyl adjacent to an activating group) is 1. The van der Waals surface area contributed by atoms with Gasteiger partial charge in [-0.05, 0) is 49.9 Å². The van der Waals surface area contributed by atoms with Crippen molar-refractivity contribution >= 4 is 5.91 Å². The first-order chi connectivity index (χ1) is 11.6. The molecule has 1 atom stereocenters. The molecule has 1 aromatic carbocycles. The molecule has 5 nitrogen and oxygen atoms in total. The molecule has 2 aromatic rings. The van der Waals surface area contributed by atoms with Crippen LogP contribution in [-0.2, 0) is 6.54 Å². The number of nitrogens with one attached hydrogen (secondary N) is 1. The fraction of sp³-hybridized carbons (Fsp3) is 0.474. The van der Waals surface area contributed by atoms with E-state index in [1.165, 1.54) is 18.4 Å². The second-order valence-corrected chi connectivity index (χ2v) is 6.56. The molecule has 1 amide bonds. The third-order valence-corrected chi connectivity index (χ3v) is 4.87. The molecule has 0 aliphatic carbocycles. The summed E-state index contributed by atoms with van der Waals surface area (Å²) in [5, 5.41) is 3.44. The summed E-state index contributed by atoms with van der Waals surface area (Å²) in [5.74, 6) is 1.62. The van der Waals surface area contributed by atoms with Gasteiger partial charge in [-0.3, -0.25) is 4.79 Å². The Morgan fingerprint density at radius 1 is 1.38 bits per heavy atom. The highest BCUT2D eigenvalue weighted by Gasteiger charge is 2.16. The highest BCUT2D eigenvalue weighted by Crippen LogP contribution is 2.23. The molecule has 1 aromatic heterocycles. The van der Waals surface area contributed by atoms with Crippen LogP contribution in [-0.4, -0.2) is 47.0 Å². The monoisotopic (exact) mass is 326 g/mol. The SMILES string of the molecule is Cc1nccn1CCN(C)C(=O)c1ccc(C2CCCNC2)cc1. The lowest BCUT2D eigenvalue weighted by Crippen LogP contribution is -2.30. The molecule has 128 valence electrons. The molecule has 1 fully saturated rings. The highest BCUT2D eigenvalue weighted by molar-refractivity contribution is 5.94. The molecular weight excluding hydrogens is 300 g/mol. The lowest BCUT2D eigenvalue weighted by Gasteiger charge is -2.23. The molecule has 1 unspecified atom stereocenters. The zero-order valence-electron chi connectivity index (χ0n) is 14.5. The van der Waals surface area contributed by atoms with Gasteiger partial charge < -0.3 is 14.8 Å². The van der Waals surface area contributed by atoms with Crippen molar-refractivity contribution in [2.45, 2.75) is 32.2 Å². The summed E-state index contributed by atoms with van der Waals surface area (Å²) in [5.41, 5.74) is 2.09. The minimum absolute atomic E-state index is 0.0705. The number of carbonyl (C=O) groups excluding carboxylic acids is 1. The first kappa shape index (κ1) is 16.7. The van der Waals surface area contributed by atoms with Crippen molar-refractivity contribution in [3.8, 4) is 0 Å².